The summed E-state index contributed by atoms with van der Waals surface area (Å²) in [7, 11) is 0. The number of hydrogen-bond donors (Lipinski definition) is 1. The van der Waals surface area contributed by atoms with Crippen LogP contribution in [0.15, 0.2) is 18.2 Å². The molecule has 1 N–H and O–H groups in total. The van der Waals surface area contributed by atoms with Gasteiger partial charge in [-0.1, -0.05) is 11.6 Å². The quantitative estimate of drug-likeness (QED) is 0.762. The lowest BCUT2D eigenvalue weighted by molar-refractivity contribution is -0.154. The number of carbonyl (C=O) groups is 2. The van der Waals surface area contributed by atoms with Crippen molar-refractivity contribution in [3.8, 4) is 0 Å². The maximum atomic E-state index is 13.6. The summed E-state index contributed by atoms with van der Waals surface area (Å²) < 4.78 is 18.8. The van der Waals surface area contributed by atoms with Crippen LogP contribution in [0.25, 0.3) is 0 Å². The topological polar surface area (TPSA) is 55.4 Å². The Morgan fingerprint density at radius 1 is 1.15 bits per heavy atom. The number of nitrogens with one attached hydrogen (secondary N) is 1. The lowest BCUT2D eigenvalue weighted by atomic mass is 9.49. The van der Waals surface area contributed by atoms with Gasteiger partial charge in [-0.25, -0.2) is 4.39 Å². The van der Waals surface area contributed by atoms with Gasteiger partial charge in [0.15, 0.2) is 6.61 Å². The summed E-state index contributed by atoms with van der Waals surface area (Å²) in [6.07, 6.45) is 7.72. The summed E-state index contributed by atoms with van der Waals surface area (Å²) in [4.78, 5) is 24.3. The molecular weight excluding hydrogens is 357 g/mol. The highest BCUT2D eigenvalue weighted by molar-refractivity contribution is 6.30. The van der Waals surface area contributed by atoms with Crippen molar-refractivity contribution in [2.75, 3.05) is 11.9 Å². The molecule has 1 aromatic rings. The van der Waals surface area contributed by atoms with Crippen molar-refractivity contribution in [2.45, 2.75) is 44.9 Å². The molecule has 0 radical (unpaired) electrons. The van der Waals surface area contributed by atoms with Crippen molar-refractivity contribution in [3.63, 3.8) is 0 Å². The van der Waals surface area contributed by atoms with Gasteiger partial charge in [-0.2, -0.15) is 0 Å². The minimum absolute atomic E-state index is 0.0142. The van der Waals surface area contributed by atoms with Gasteiger partial charge in [0.1, 0.15) is 5.82 Å². The molecular formula is C20H23ClFNO3. The van der Waals surface area contributed by atoms with Crippen LogP contribution in [0.5, 0.6) is 0 Å². The Kier molecular flexibility index (Phi) is 4.68. The number of anilines is 1. The van der Waals surface area contributed by atoms with E-state index in [1.807, 2.05) is 0 Å². The third kappa shape index (κ3) is 3.73. The van der Waals surface area contributed by atoms with Gasteiger partial charge in [0.2, 0.25) is 0 Å². The van der Waals surface area contributed by atoms with Crippen LogP contribution in [0.4, 0.5) is 10.1 Å². The first-order valence-corrected chi connectivity index (χ1v) is 9.69. The van der Waals surface area contributed by atoms with Crippen LogP contribution in [-0.4, -0.2) is 18.5 Å². The van der Waals surface area contributed by atoms with E-state index in [1.165, 1.54) is 37.5 Å². The second-order valence-corrected chi connectivity index (χ2v) is 8.86. The van der Waals surface area contributed by atoms with E-state index in [2.05, 4.69) is 5.32 Å². The SMILES string of the molecule is O=C(COC(=O)CC12CC3CC(CC(C3)C1)C2)Nc1cc(Cl)ccc1F. The van der Waals surface area contributed by atoms with E-state index in [9.17, 15) is 14.0 Å². The number of halogens is 2. The molecule has 4 fully saturated rings. The van der Waals surface area contributed by atoms with Crippen molar-refractivity contribution in [1.29, 1.82) is 0 Å². The van der Waals surface area contributed by atoms with Crippen molar-refractivity contribution in [3.05, 3.63) is 29.0 Å². The number of hydrogen-bond acceptors (Lipinski definition) is 3. The van der Waals surface area contributed by atoms with E-state index in [-0.39, 0.29) is 17.1 Å². The molecule has 0 aliphatic heterocycles. The highest BCUT2D eigenvalue weighted by Crippen LogP contribution is 2.61. The first-order chi connectivity index (χ1) is 12.4. The van der Waals surface area contributed by atoms with E-state index in [1.54, 1.807) is 0 Å². The molecule has 0 heterocycles. The first kappa shape index (κ1) is 17.8. The summed E-state index contributed by atoms with van der Waals surface area (Å²) in [5, 5.41) is 2.71. The number of amides is 1. The van der Waals surface area contributed by atoms with Gasteiger partial charge in [0.25, 0.3) is 5.91 Å². The molecule has 4 aliphatic rings. The molecule has 1 amide bonds. The van der Waals surface area contributed by atoms with Gasteiger partial charge < -0.3 is 10.1 Å². The van der Waals surface area contributed by atoms with Crippen LogP contribution in [0.1, 0.15) is 44.9 Å². The van der Waals surface area contributed by atoms with Gasteiger partial charge in [-0.3, -0.25) is 9.59 Å². The minimum Gasteiger partial charge on any atom is -0.456 e. The Morgan fingerprint density at radius 3 is 2.38 bits per heavy atom. The fourth-order valence-electron chi connectivity index (χ4n) is 5.79. The zero-order valence-electron chi connectivity index (χ0n) is 14.6. The van der Waals surface area contributed by atoms with E-state index >= 15 is 0 Å². The number of rotatable bonds is 5. The summed E-state index contributed by atoms with van der Waals surface area (Å²) in [5.41, 5.74) is 0.0705. The summed E-state index contributed by atoms with van der Waals surface area (Å²) >= 11 is 5.80. The van der Waals surface area contributed by atoms with Crippen LogP contribution in [0.2, 0.25) is 5.02 Å². The molecule has 0 atom stereocenters. The number of benzene rings is 1. The Labute approximate surface area is 157 Å². The second kappa shape index (κ2) is 6.84. The smallest absolute Gasteiger partial charge is 0.306 e. The van der Waals surface area contributed by atoms with Crippen LogP contribution in [-0.2, 0) is 14.3 Å². The maximum absolute atomic E-state index is 13.6. The number of esters is 1. The Bertz CT molecular complexity index is 700. The normalized spacial score (nSPS) is 31.7. The zero-order valence-corrected chi connectivity index (χ0v) is 15.4. The Morgan fingerprint density at radius 2 is 1.77 bits per heavy atom. The van der Waals surface area contributed by atoms with Crippen LogP contribution in [0, 0.1) is 29.0 Å². The van der Waals surface area contributed by atoms with Crippen molar-refractivity contribution in [2.24, 2.45) is 23.2 Å². The lowest BCUT2D eigenvalue weighted by Gasteiger charge is -2.56. The Balaban J connectivity index is 1.29. The van der Waals surface area contributed by atoms with Crippen molar-refractivity contribution in [1.82, 2.24) is 0 Å². The highest BCUT2D eigenvalue weighted by atomic mass is 35.5. The molecule has 5 rings (SSSR count). The molecule has 0 unspecified atom stereocenters. The summed E-state index contributed by atoms with van der Waals surface area (Å²) in [5.74, 6) is 0.829. The van der Waals surface area contributed by atoms with E-state index in [0.29, 0.717) is 11.4 Å². The number of ether oxygens (including phenoxy) is 1. The van der Waals surface area contributed by atoms with Gasteiger partial charge in [-0.15, -0.1) is 0 Å². The molecule has 4 aliphatic carbocycles. The number of carbonyl (C=O) groups excluding carboxylic acids is 2. The molecule has 140 valence electrons. The predicted molar refractivity (Wildman–Crippen MR) is 96.2 cm³/mol. The standard InChI is InChI=1S/C20H23ClFNO3/c21-15-1-2-16(22)17(6-15)23-18(24)11-26-19(25)10-20-7-12-3-13(8-20)5-14(4-12)9-20/h1-2,6,12-14H,3-5,7-11H2,(H,23,24). The minimum atomic E-state index is -0.581. The average Bonchev–Trinajstić information content (AvgIpc) is 2.55. The van der Waals surface area contributed by atoms with Crippen molar-refractivity contribution < 1.29 is 18.7 Å². The van der Waals surface area contributed by atoms with E-state index < -0.39 is 18.3 Å². The highest BCUT2D eigenvalue weighted by Gasteiger charge is 2.51. The van der Waals surface area contributed by atoms with E-state index in [4.69, 9.17) is 16.3 Å². The van der Waals surface area contributed by atoms with Gasteiger partial charge >= 0.3 is 5.97 Å². The summed E-state index contributed by atoms with van der Waals surface area (Å²) in [6.45, 7) is -0.406. The third-order valence-corrected chi connectivity index (χ3v) is 6.49. The molecule has 0 saturated heterocycles. The van der Waals surface area contributed by atoms with Crippen molar-refractivity contribution >= 4 is 29.2 Å². The molecule has 4 saturated carbocycles. The predicted octanol–water partition coefficient (Wildman–Crippen LogP) is 4.57. The van der Waals surface area contributed by atoms with E-state index in [0.717, 1.165) is 37.0 Å². The molecule has 26 heavy (non-hydrogen) atoms. The van der Waals surface area contributed by atoms with Crippen LogP contribution < -0.4 is 5.32 Å². The molecule has 6 heteroatoms. The fraction of sp³-hybridized carbons (Fsp3) is 0.600. The molecule has 1 aromatic carbocycles. The van der Waals surface area contributed by atoms with Crippen LogP contribution in [0.3, 0.4) is 0 Å². The zero-order chi connectivity index (χ0) is 18.3. The second-order valence-electron chi connectivity index (χ2n) is 8.43. The largest absolute Gasteiger partial charge is 0.456 e. The molecule has 4 bridgehead atoms. The monoisotopic (exact) mass is 379 g/mol. The molecule has 0 aromatic heterocycles. The first-order valence-electron chi connectivity index (χ1n) is 9.31. The third-order valence-electron chi connectivity index (χ3n) is 6.25. The lowest BCUT2D eigenvalue weighted by Crippen LogP contribution is -2.47. The maximum Gasteiger partial charge on any atom is 0.306 e. The Hall–Kier alpha value is -1.62. The van der Waals surface area contributed by atoms with Gasteiger partial charge in [0.05, 0.1) is 12.1 Å². The molecule has 4 nitrogen and oxygen atoms in total. The molecule has 0 spiro atoms. The average molecular weight is 380 g/mol. The van der Waals surface area contributed by atoms with Gasteiger partial charge in [0, 0.05) is 5.02 Å². The summed E-state index contributed by atoms with van der Waals surface area (Å²) in [6, 6.07) is 3.90. The van der Waals surface area contributed by atoms with Crippen LogP contribution >= 0.6 is 11.6 Å². The fourth-order valence-corrected chi connectivity index (χ4v) is 5.96. The van der Waals surface area contributed by atoms with Gasteiger partial charge in [-0.05, 0) is 79.9 Å².